The van der Waals surface area contributed by atoms with Crippen molar-refractivity contribution in [2.75, 3.05) is 11.1 Å². The van der Waals surface area contributed by atoms with Crippen molar-refractivity contribution in [1.29, 1.82) is 0 Å². The summed E-state index contributed by atoms with van der Waals surface area (Å²) in [6.45, 7) is 3.71. The lowest BCUT2D eigenvalue weighted by Crippen LogP contribution is -2.33. The van der Waals surface area contributed by atoms with E-state index in [-0.39, 0.29) is 4.77 Å². The monoisotopic (exact) mass is 305 g/mol. The first-order valence-electron chi connectivity index (χ1n) is 4.93. The van der Waals surface area contributed by atoms with E-state index in [0.717, 1.165) is 21.4 Å². The Balaban J connectivity index is 2.88. The molecule has 2 heterocycles. The molecule has 0 aliphatic carbocycles. The van der Waals surface area contributed by atoms with Gasteiger partial charge >= 0.3 is 0 Å². The van der Waals surface area contributed by atoms with Crippen LogP contribution in [0.1, 0.15) is 10.4 Å². The minimum atomic E-state index is -3.57. The molecule has 18 heavy (non-hydrogen) atoms. The standard InChI is InChI=1S/C9H11N3O3S3/c1-4-5(2)17-7-6(4)8(13)12(9(16)10-7)11-18(3,14)15/h11H,1-3H3,(H,10,16). The summed E-state index contributed by atoms with van der Waals surface area (Å²) in [6, 6.07) is 0. The van der Waals surface area contributed by atoms with Gasteiger partial charge < -0.3 is 4.98 Å². The van der Waals surface area contributed by atoms with E-state index in [0.29, 0.717) is 10.2 Å². The number of aromatic nitrogens is 2. The van der Waals surface area contributed by atoms with Crippen molar-refractivity contribution in [3.8, 4) is 0 Å². The van der Waals surface area contributed by atoms with Crippen molar-refractivity contribution in [3.63, 3.8) is 0 Å². The normalized spacial score (nSPS) is 11.9. The van der Waals surface area contributed by atoms with Crippen LogP contribution < -0.4 is 10.4 Å². The van der Waals surface area contributed by atoms with Gasteiger partial charge in [-0.2, -0.15) is 4.68 Å². The number of thiophene rings is 1. The van der Waals surface area contributed by atoms with Crippen LogP contribution in [0.25, 0.3) is 10.2 Å². The Bertz CT molecular complexity index is 842. The molecule has 0 saturated carbocycles. The number of aromatic amines is 1. The lowest BCUT2D eigenvalue weighted by molar-refractivity contribution is 0.599. The molecule has 0 radical (unpaired) electrons. The first-order valence-corrected chi connectivity index (χ1v) is 8.05. The Morgan fingerprint density at radius 3 is 2.56 bits per heavy atom. The zero-order valence-electron chi connectivity index (χ0n) is 9.90. The van der Waals surface area contributed by atoms with Gasteiger partial charge in [0, 0.05) is 4.88 Å². The molecule has 98 valence electrons. The number of rotatable bonds is 2. The molecule has 0 atom stereocenters. The summed E-state index contributed by atoms with van der Waals surface area (Å²) in [4.78, 5) is 18.8. The van der Waals surface area contributed by atoms with Gasteiger partial charge in [0.1, 0.15) is 4.83 Å². The number of H-pyrrole nitrogens is 1. The highest BCUT2D eigenvalue weighted by molar-refractivity contribution is 7.91. The van der Waals surface area contributed by atoms with Crippen LogP contribution in [-0.4, -0.2) is 24.3 Å². The molecule has 0 aliphatic rings. The minimum absolute atomic E-state index is 0.0270. The zero-order valence-corrected chi connectivity index (χ0v) is 12.3. The van der Waals surface area contributed by atoms with Crippen LogP contribution in [0.5, 0.6) is 0 Å². The number of fused-ring (bicyclic) bond motifs is 1. The van der Waals surface area contributed by atoms with Gasteiger partial charge in [-0.25, -0.2) is 13.2 Å². The molecule has 9 heteroatoms. The molecule has 0 unspecified atom stereocenters. The molecule has 0 bridgehead atoms. The summed E-state index contributed by atoms with van der Waals surface area (Å²) in [5, 5.41) is 0.460. The number of sulfonamides is 1. The van der Waals surface area contributed by atoms with Crippen LogP contribution in [0.2, 0.25) is 0 Å². The predicted octanol–water partition coefficient (Wildman–Crippen LogP) is 1.24. The molecule has 0 amide bonds. The van der Waals surface area contributed by atoms with E-state index in [9.17, 15) is 13.2 Å². The minimum Gasteiger partial charge on any atom is -0.322 e. The molecule has 2 aromatic heterocycles. The molecule has 2 N–H and O–H groups in total. The summed E-state index contributed by atoms with van der Waals surface area (Å²) in [6.07, 6.45) is 0.962. The van der Waals surface area contributed by atoms with E-state index in [1.165, 1.54) is 11.3 Å². The molecular formula is C9H11N3O3S3. The van der Waals surface area contributed by atoms with Crippen molar-refractivity contribution in [2.45, 2.75) is 13.8 Å². The topological polar surface area (TPSA) is 84.0 Å². The van der Waals surface area contributed by atoms with Crippen LogP contribution in [0, 0.1) is 18.6 Å². The van der Waals surface area contributed by atoms with E-state index in [1.54, 1.807) is 0 Å². The summed E-state index contributed by atoms with van der Waals surface area (Å²) >= 11 is 6.40. The first-order chi connectivity index (χ1) is 8.20. The fourth-order valence-electron chi connectivity index (χ4n) is 1.58. The quantitative estimate of drug-likeness (QED) is 0.818. The highest BCUT2D eigenvalue weighted by atomic mass is 32.2. The number of nitrogens with one attached hydrogen (secondary N) is 2. The Kier molecular flexibility index (Phi) is 3.07. The largest absolute Gasteiger partial charge is 0.322 e. The number of nitrogens with zero attached hydrogens (tertiary/aromatic N) is 1. The zero-order chi connectivity index (χ0) is 13.7. The van der Waals surface area contributed by atoms with Gasteiger partial charge in [0.05, 0.1) is 11.6 Å². The summed E-state index contributed by atoms with van der Waals surface area (Å²) in [5.74, 6) is 0. The average molecular weight is 305 g/mol. The second-order valence-corrected chi connectivity index (χ2v) is 7.26. The second kappa shape index (κ2) is 4.18. The van der Waals surface area contributed by atoms with Gasteiger partial charge in [0.15, 0.2) is 0 Å². The predicted molar refractivity (Wildman–Crippen MR) is 74.9 cm³/mol. The van der Waals surface area contributed by atoms with Gasteiger partial charge in [0.2, 0.25) is 14.8 Å². The van der Waals surface area contributed by atoms with E-state index in [2.05, 4.69) is 9.82 Å². The molecule has 0 fully saturated rings. The average Bonchev–Trinajstić information content (AvgIpc) is 2.48. The van der Waals surface area contributed by atoms with Crippen LogP contribution >= 0.6 is 23.6 Å². The maximum absolute atomic E-state index is 12.2. The molecule has 0 aliphatic heterocycles. The highest BCUT2D eigenvalue weighted by Crippen LogP contribution is 2.25. The lowest BCUT2D eigenvalue weighted by Gasteiger charge is -2.07. The van der Waals surface area contributed by atoms with E-state index >= 15 is 0 Å². The Hall–Kier alpha value is -1.19. The highest BCUT2D eigenvalue weighted by Gasteiger charge is 2.14. The van der Waals surface area contributed by atoms with Crippen LogP contribution in [0.4, 0.5) is 0 Å². The van der Waals surface area contributed by atoms with Crippen molar-refractivity contribution in [1.82, 2.24) is 9.66 Å². The fraction of sp³-hybridized carbons (Fsp3) is 0.333. The summed E-state index contributed by atoms with van der Waals surface area (Å²) in [7, 11) is -3.57. The number of hydrogen-bond donors (Lipinski definition) is 2. The smallest absolute Gasteiger partial charge is 0.282 e. The maximum Gasteiger partial charge on any atom is 0.282 e. The second-order valence-electron chi connectivity index (χ2n) is 3.92. The lowest BCUT2D eigenvalue weighted by atomic mass is 10.2. The van der Waals surface area contributed by atoms with E-state index in [4.69, 9.17) is 12.2 Å². The third kappa shape index (κ3) is 2.20. The SMILES string of the molecule is Cc1sc2[nH]c(=S)n(NS(C)(=O)=O)c(=O)c2c1C. The maximum atomic E-state index is 12.2. The van der Waals surface area contributed by atoms with Crippen molar-refractivity contribution in [3.05, 3.63) is 25.6 Å². The molecule has 0 spiro atoms. The first kappa shape index (κ1) is 13.2. The van der Waals surface area contributed by atoms with Gasteiger partial charge in [-0.05, 0) is 31.6 Å². The molecule has 0 aromatic carbocycles. The third-order valence-electron chi connectivity index (χ3n) is 2.48. The van der Waals surface area contributed by atoms with Gasteiger partial charge in [-0.3, -0.25) is 4.79 Å². The van der Waals surface area contributed by atoms with Crippen LogP contribution in [0.15, 0.2) is 4.79 Å². The van der Waals surface area contributed by atoms with Gasteiger partial charge in [0.25, 0.3) is 5.56 Å². The van der Waals surface area contributed by atoms with Crippen LogP contribution in [0.3, 0.4) is 0 Å². The Morgan fingerprint density at radius 1 is 1.39 bits per heavy atom. The van der Waals surface area contributed by atoms with E-state index < -0.39 is 15.6 Å². The Morgan fingerprint density at radius 2 is 2.00 bits per heavy atom. The summed E-state index contributed by atoms with van der Waals surface area (Å²) < 4.78 is 23.3. The molecule has 2 aromatic rings. The third-order valence-corrected chi connectivity index (χ3v) is 4.40. The van der Waals surface area contributed by atoms with Crippen molar-refractivity contribution < 1.29 is 8.42 Å². The summed E-state index contributed by atoms with van der Waals surface area (Å²) in [5.41, 5.74) is 0.372. The molecule has 6 nitrogen and oxygen atoms in total. The van der Waals surface area contributed by atoms with Crippen molar-refractivity contribution >= 4 is 43.8 Å². The number of aryl methyl sites for hydroxylation is 2. The molecular weight excluding hydrogens is 294 g/mol. The number of hydrogen-bond acceptors (Lipinski definition) is 5. The Labute approximate surface area is 112 Å². The molecule has 2 rings (SSSR count). The van der Waals surface area contributed by atoms with E-state index in [1.807, 2.05) is 13.8 Å². The van der Waals surface area contributed by atoms with Gasteiger partial charge in [-0.15, -0.1) is 11.3 Å². The van der Waals surface area contributed by atoms with Crippen LogP contribution in [-0.2, 0) is 10.0 Å². The van der Waals surface area contributed by atoms with Crippen molar-refractivity contribution in [2.24, 2.45) is 0 Å². The van der Waals surface area contributed by atoms with Gasteiger partial charge in [-0.1, -0.05) is 0 Å². The molecule has 0 saturated heterocycles. The fourth-order valence-corrected chi connectivity index (χ4v) is 3.49.